The normalized spacial score (nSPS) is 12.6. The van der Waals surface area contributed by atoms with E-state index >= 15 is 0 Å². The molecule has 0 fully saturated rings. The van der Waals surface area contributed by atoms with Gasteiger partial charge in [0.25, 0.3) is 0 Å². The first-order valence-electron chi connectivity index (χ1n) is 5.22. The molecule has 0 saturated heterocycles. The zero-order valence-electron chi connectivity index (χ0n) is 9.07. The van der Waals surface area contributed by atoms with Crippen LogP contribution in [0.1, 0.15) is 24.2 Å². The third-order valence-electron chi connectivity index (χ3n) is 2.52. The fraction of sp³-hybridized carbons (Fsp3) is 0.250. The third kappa shape index (κ3) is 2.84. The van der Waals surface area contributed by atoms with Gasteiger partial charge in [-0.1, -0.05) is 23.7 Å². The van der Waals surface area contributed by atoms with Gasteiger partial charge in [-0.2, -0.15) is 0 Å². The van der Waals surface area contributed by atoms with Gasteiger partial charge in [0, 0.05) is 29.5 Å². The fourth-order valence-corrected chi connectivity index (χ4v) is 1.64. The van der Waals surface area contributed by atoms with Crippen LogP contribution < -0.4 is 5.32 Å². The van der Waals surface area contributed by atoms with Crippen molar-refractivity contribution in [1.82, 2.24) is 15.3 Å². The maximum absolute atomic E-state index is 5.84. The van der Waals surface area contributed by atoms with E-state index in [0.717, 1.165) is 17.3 Å². The van der Waals surface area contributed by atoms with Gasteiger partial charge in [-0.05, 0) is 24.6 Å². The van der Waals surface area contributed by atoms with Crippen LogP contribution in [0.3, 0.4) is 0 Å². The van der Waals surface area contributed by atoms with E-state index < -0.39 is 0 Å². The molecule has 2 N–H and O–H groups in total. The number of halogens is 1. The Morgan fingerprint density at radius 2 is 2.12 bits per heavy atom. The molecule has 0 radical (unpaired) electrons. The Hall–Kier alpha value is -1.32. The Bertz CT molecular complexity index is 422. The molecule has 1 aromatic carbocycles. The molecule has 0 saturated carbocycles. The lowest BCUT2D eigenvalue weighted by Crippen LogP contribution is -2.18. The average Bonchev–Trinajstić information content (AvgIpc) is 2.80. The van der Waals surface area contributed by atoms with Crippen LogP contribution in [0, 0.1) is 0 Å². The number of aromatic amines is 1. The van der Waals surface area contributed by atoms with E-state index in [-0.39, 0.29) is 0 Å². The van der Waals surface area contributed by atoms with Crippen molar-refractivity contribution in [2.24, 2.45) is 0 Å². The summed E-state index contributed by atoms with van der Waals surface area (Å²) >= 11 is 5.84. The minimum atomic E-state index is 0.292. The predicted molar refractivity (Wildman–Crippen MR) is 65.3 cm³/mol. The smallest absolute Gasteiger partial charge is 0.0922 e. The minimum Gasteiger partial charge on any atom is -0.347 e. The number of hydrogen-bond donors (Lipinski definition) is 2. The summed E-state index contributed by atoms with van der Waals surface area (Å²) in [7, 11) is 0. The van der Waals surface area contributed by atoms with Gasteiger partial charge in [-0.15, -0.1) is 0 Å². The molecule has 16 heavy (non-hydrogen) atoms. The molecule has 4 heteroatoms. The lowest BCUT2D eigenvalue weighted by molar-refractivity contribution is 0.569. The second-order valence-electron chi connectivity index (χ2n) is 3.73. The van der Waals surface area contributed by atoms with E-state index in [4.69, 9.17) is 11.6 Å². The summed E-state index contributed by atoms with van der Waals surface area (Å²) in [5.74, 6) is 0. The monoisotopic (exact) mass is 235 g/mol. The summed E-state index contributed by atoms with van der Waals surface area (Å²) in [6.45, 7) is 2.91. The molecule has 1 heterocycles. The van der Waals surface area contributed by atoms with Crippen molar-refractivity contribution >= 4 is 11.6 Å². The van der Waals surface area contributed by atoms with Crippen molar-refractivity contribution in [1.29, 1.82) is 0 Å². The molecule has 1 unspecified atom stereocenters. The van der Waals surface area contributed by atoms with Crippen LogP contribution in [0.25, 0.3) is 0 Å². The van der Waals surface area contributed by atoms with Gasteiger partial charge in [0.1, 0.15) is 0 Å². The second kappa shape index (κ2) is 5.14. The highest BCUT2D eigenvalue weighted by molar-refractivity contribution is 6.30. The number of nitrogens with zero attached hydrogens (tertiary/aromatic N) is 1. The van der Waals surface area contributed by atoms with Crippen LogP contribution >= 0.6 is 11.6 Å². The quantitative estimate of drug-likeness (QED) is 0.856. The Morgan fingerprint density at radius 3 is 2.75 bits per heavy atom. The summed E-state index contributed by atoms with van der Waals surface area (Å²) < 4.78 is 0. The highest BCUT2D eigenvalue weighted by atomic mass is 35.5. The Balaban J connectivity index is 1.93. The standard InChI is InChI=1S/C12H14ClN3/c1-9(10-2-4-11(13)5-3-10)15-7-12-6-14-8-16-12/h2-6,8-9,15H,7H2,1H3,(H,14,16). The SMILES string of the molecule is CC(NCc1cnc[nH]1)c1ccc(Cl)cc1. The average molecular weight is 236 g/mol. The summed E-state index contributed by atoms with van der Waals surface area (Å²) in [4.78, 5) is 7.03. The molecule has 0 amide bonds. The molecule has 2 aromatic rings. The van der Waals surface area contributed by atoms with Crippen molar-refractivity contribution in [3.8, 4) is 0 Å². The van der Waals surface area contributed by atoms with Crippen LogP contribution in [0.2, 0.25) is 5.02 Å². The number of imidazole rings is 1. The Morgan fingerprint density at radius 1 is 1.38 bits per heavy atom. The van der Waals surface area contributed by atoms with Crippen molar-refractivity contribution < 1.29 is 0 Å². The second-order valence-corrected chi connectivity index (χ2v) is 4.17. The van der Waals surface area contributed by atoms with E-state index in [2.05, 4.69) is 22.2 Å². The molecule has 0 spiro atoms. The first kappa shape index (κ1) is 11.2. The lowest BCUT2D eigenvalue weighted by atomic mass is 10.1. The fourth-order valence-electron chi connectivity index (χ4n) is 1.51. The van der Waals surface area contributed by atoms with Crippen LogP contribution in [-0.4, -0.2) is 9.97 Å². The van der Waals surface area contributed by atoms with E-state index in [1.165, 1.54) is 5.56 Å². The molecule has 2 rings (SSSR count). The van der Waals surface area contributed by atoms with E-state index in [9.17, 15) is 0 Å². The van der Waals surface area contributed by atoms with Crippen LogP contribution in [0.15, 0.2) is 36.8 Å². The molecule has 0 aliphatic rings. The molecular weight excluding hydrogens is 222 g/mol. The summed E-state index contributed by atoms with van der Waals surface area (Å²) in [6.07, 6.45) is 3.51. The zero-order chi connectivity index (χ0) is 11.4. The van der Waals surface area contributed by atoms with Gasteiger partial charge >= 0.3 is 0 Å². The lowest BCUT2D eigenvalue weighted by Gasteiger charge is -2.13. The summed E-state index contributed by atoms with van der Waals surface area (Å²) in [5.41, 5.74) is 2.31. The topological polar surface area (TPSA) is 40.7 Å². The van der Waals surface area contributed by atoms with Crippen molar-refractivity contribution in [3.05, 3.63) is 53.1 Å². The molecule has 0 aliphatic heterocycles. The van der Waals surface area contributed by atoms with Gasteiger partial charge in [0.2, 0.25) is 0 Å². The van der Waals surface area contributed by atoms with Gasteiger partial charge in [-0.25, -0.2) is 4.98 Å². The number of rotatable bonds is 4. The maximum atomic E-state index is 5.84. The summed E-state index contributed by atoms with van der Waals surface area (Å²) in [6, 6.07) is 8.18. The van der Waals surface area contributed by atoms with Gasteiger partial charge in [0.15, 0.2) is 0 Å². The zero-order valence-corrected chi connectivity index (χ0v) is 9.83. The number of benzene rings is 1. The summed E-state index contributed by atoms with van der Waals surface area (Å²) in [5, 5.41) is 4.17. The maximum Gasteiger partial charge on any atom is 0.0922 e. The minimum absolute atomic E-state index is 0.292. The van der Waals surface area contributed by atoms with Crippen LogP contribution in [0.5, 0.6) is 0 Å². The highest BCUT2D eigenvalue weighted by Crippen LogP contribution is 2.16. The number of nitrogens with one attached hydrogen (secondary N) is 2. The van der Waals surface area contributed by atoms with Gasteiger partial charge in [0.05, 0.1) is 6.33 Å². The molecular formula is C12H14ClN3. The number of aromatic nitrogens is 2. The highest BCUT2D eigenvalue weighted by Gasteiger charge is 2.04. The first-order chi connectivity index (χ1) is 7.75. The van der Waals surface area contributed by atoms with E-state index in [1.807, 2.05) is 30.5 Å². The van der Waals surface area contributed by atoms with E-state index in [0.29, 0.717) is 6.04 Å². The number of hydrogen-bond acceptors (Lipinski definition) is 2. The molecule has 0 bridgehead atoms. The van der Waals surface area contributed by atoms with Gasteiger partial charge in [-0.3, -0.25) is 0 Å². The molecule has 3 nitrogen and oxygen atoms in total. The Kier molecular flexibility index (Phi) is 3.59. The third-order valence-corrected chi connectivity index (χ3v) is 2.78. The number of H-pyrrole nitrogens is 1. The molecule has 1 aromatic heterocycles. The first-order valence-corrected chi connectivity index (χ1v) is 5.59. The molecule has 0 aliphatic carbocycles. The van der Waals surface area contributed by atoms with Crippen molar-refractivity contribution in [2.45, 2.75) is 19.5 Å². The Labute approximate surface area is 99.9 Å². The van der Waals surface area contributed by atoms with Crippen LogP contribution in [0.4, 0.5) is 0 Å². The van der Waals surface area contributed by atoms with Gasteiger partial charge < -0.3 is 10.3 Å². The van der Waals surface area contributed by atoms with Crippen LogP contribution in [-0.2, 0) is 6.54 Å². The predicted octanol–water partition coefficient (Wildman–Crippen LogP) is 2.91. The largest absolute Gasteiger partial charge is 0.347 e. The van der Waals surface area contributed by atoms with Crippen molar-refractivity contribution in [3.63, 3.8) is 0 Å². The molecule has 84 valence electrons. The van der Waals surface area contributed by atoms with Crippen molar-refractivity contribution in [2.75, 3.05) is 0 Å². The molecule has 1 atom stereocenters. The van der Waals surface area contributed by atoms with E-state index in [1.54, 1.807) is 6.33 Å².